The monoisotopic (exact) mass is 671 g/mol. The molecule has 0 spiro atoms. The Hall–Kier alpha value is -1.96. The van der Waals surface area contributed by atoms with Crippen LogP contribution in [0, 0.1) is 0 Å². The average molecular weight is 672 g/mol. The maximum atomic E-state index is 11.7. The van der Waals surface area contributed by atoms with Crippen molar-refractivity contribution in [3.8, 4) is 5.75 Å². The molecule has 4 rings (SSSR count). The molecule has 20 nitrogen and oxygen atoms in total. The lowest BCUT2D eigenvalue weighted by Crippen LogP contribution is -2.66. The number of hydrogen-bond acceptors (Lipinski definition) is 20. The van der Waals surface area contributed by atoms with Crippen molar-refractivity contribution in [2.24, 2.45) is 0 Å². The van der Waals surface area contributed by atoms with Crippen LogP contribution < -0.4 is 20.9 Å². The van der Waals surface area contributed by atoms with Crippen LogP contribution in [0.1, 0.15) is 6.92 Å². The Labute approximate surface area is 260 Å². The predicted molar refractivity (Wildman–Crippen MR) is 146 cm³/mol. The SMILES string of the molecule is CCOc1c(NCCO[C@@H]2O[C@H](CO)[C@@H](O[C@@H]3O[C@H](CO)[C@H](O)[C@H](O[C@H]4O[C@H](CO)[C@H](O)[C@H](O)[C@H]4O)[C@H]3O)[C@H](O)[C@H]2O)c(=O)c1=O. The van der Waals surface area contributed by atoms with Crippen LogP contribution in [-0.4, -0.2) is 183 Å². The molecule has 3 fully saturated rings. The molecule has 1 aromatic rings. The number of nitrogens with one attached hydrogen (secondary N) is 1. The van der Waals surface area contributed by atoms with Crippen LogP contribution in [0.3, 0.4) is 0 Å². The summed E-state index contributed by atoms with van der Waals surface area (Å²) in [6, 6.07) is 0. The molecule has 0 aliphatic carbocycles. The first-order chi connectivity index (χ1) is 21.9. The fourth-order valence-electron chi connectivity index (χ4n) is 5.34. The lowest BCUT2D eigenvalue weighted by atomic mass is 9.96. The quantitative estimate of drug-likeness (QED) is 0.0646. The van der Waals surface area contributed by atoms with E-state index in [1.807, 2.05) is 0 Å². The molecule has 3 saturated heterocycles. The largest absolute Gasteiger partial charge is 0.488 e. The fraction of sp³-hybridized carbons (Fsp3) is 0.846. The molecule has 0 saturated carbocycles. The first-order valence-electron chi connectivity index (χ1n) is 14.6. The summed E-state index contributed by atoms with van der Waals surface area (Å²) in [6.45, 7) is -0.874. The molecule has 3 heterocycles. The highest BCUT2D eigenvalue weighted by Gasteiger charge is 2.53. The summed E-state index contributed by atoms with van der Waals surface area (Å²) in [4.78, 5) is 23.3. The number of anilines is 1. The molecular formula is C26H41NO19. The smallest absolute Gasteiger partial charge is 0.272 e. The van der Waals surface area contributed by atoms with Gasteiger partial charge in [0.05, 0.1) is 33.0 Å². The Morgan fingerprint density at radius 2 is 1.17 bits per heavy atom. The van der Waals surface area contributed by atoms with Crippen LogP contribution in [0.5, 0.6) is 5.75 Å². The fourth-order valence-corrected chi connectivity index (χ4v) is 5.34. The van der Waals surface area contributed by atoms with Crippen molar-refractivity contribution in [3.63, 3.8) is 0 Å². The molecule has 0 radical (unpaired) electrons. The third-order valence-corrected chi connectivity index (χ3v) is 7.91. The topological polar surface area (TPSA) is 313 Å². The van der Waals surface area contributed by atoms with Crippen molar-refractivity contribution in [2.45, 2.75) is 99.0 Å². The van der Waals surface area contributed by atoms with Gasteiger partial charge in [-0.25, -0.2) is 0 Å². The lowest BCUT2D eigenvalue weighted by Gasteiger charge is -2.48. The molecule has 20 heteroatoms. The van der Waals surface area contributed by atoms with E-state index in [4.69, 9.17) is 33.2 Å². The molecule has 46 heavy (non-hydrogen) atoms. The molecule has 3 aliphatic heterocycles. The van der Waals surface area contributed by atoms with E-state index < -0.39 is 123 Å². The van der Waals surface area contributed by atoms with Crippen LogP contribution in [0.15, 0.2) is 9.59 Å². The number of rotatable bonds is 14. The van der Waals surface area contributed by atoms with Crippen LogP contribution in [0.2, 0.25) is 0 Å². The maximum Gasteiger partial charge on any atom is 0.272 e. The lowest BCUT2D eigenvalue weighted by molar-refractivity contribution is -0.380. The Morgan fingerprint density at radius 3 is 1.78 bits per heavy atom. The zero-order valence-corrected chi connectivity index (χ0v) is 24.5. The van der Waals surface area contributed by atoms with Gasteiger partial charge in [0.15, 0.2) is 24.6 Å². The van der Waals surface area contributed by atoms with E-state index in [0.29, 0.717) is 0 Å². The highest BCUT2D eigenvalue weighted by Crippen LogP contribution is 2.32. The summed E-state index contributed by atoms with van der Waals surface area (Å²) in [5.41, 5.74) is -1.57. The predicted octanol–water partition coefficient (Wildman–Crippen LogP) is -7.44. The molecule has 264 valence electrons. The Kier molecular flexibility index (Phi) is 12.8. The minimum atomic E-state index is -1.95. The van der Waals surface area contributed by atoms with Crippen LogP contribution >= 0.6 is 0 Å². The van der Waals surface area contributed by atoms with Gasteiger partial charge in [-0.05, 0) is 6.92 Å². The second kappa shape index (κ2) is 16.0. The third kappa shape index (κ3) is 7.37. The molecule has 0 aromatic heterocycles. The molecule has 0 unspecified atom stereocenters. The highest BCUT2D eigenvalue weighted by atomic mass is 16.8. The van der Waals surface area contributed by atoms with E-state index in [2.05, 4.69) is 5.32 Å². The summed E-state index contributed by atoms with van der Waals surface area (Å²) < 4.78 is 38.0. The van der Waals surface area contributed by atoms with E-state index in [-0.39, 0.29) is 31.2 Å². The van der Waals surface area contributed by atoms with Crippen molar-refractivity contribution in [2.75, 3.05) is 44.9 Å². The van der Waals surface area contributed by atoms with Crippen molar-refractivity contribution < 1.29 is 84.2 Å². The van der Waals surface area contributed by atoms with E-state index in [0.717, 1.165) is 0 Å². The van der Waals surface area contributed by atoms with E-state index in [1.165, 1.54) is 0 Å². The molecule has 15 atom stereocenters. The minimum Gasteiger partial charge on any atom is -0.488 e. The van der Waals surface area contributed by atoms with Gasteiger partial charge in [0.2, 0.25) is 0 Å². The van der Waals surface area contributed by atoms with E-state index in [1.54, 1.807) is 6.92 Å². The second-order valence-corrected chi connectivity index (χ2v) is 10.9. The number of ether oxygens (including phenoxy) is 7. The second-order valence-electron chi connectivity index (χ2n) is 10.9. The van der Waals surface area contributed by atoms with Gasteiger partial charge in [-0.1, -0.05) is 0 Å². The van der Waals surface area contributed by atoms with E-state index in [9.17, 15) is 60.7 Å². The Balaban J connectivity index is 1.39. The average Bonchev–Trinajstić information content (AvgIpc) is 3.05. The maximum absolute atomic E-state index is 11.7. The number of aliphatic hydroxyl groups excluding tert-OH is 10. The summed E-state index contributed by atoms with van der Waals surface area (Å²) in [5, 5.41) is 105. The zero-order valence-electron chi connectivity index (χ0n) is 24.5. The number of hydrogen-bond donors (Lipinski definition) is 11. The van der Waals surface area contributed by atoms with Gasteiger partial charge >= 0.3 is 0 Å². The zero-order chi connectivity index (χ0) is 33.9. The first-order valence-corrected chi connectivity index (χ1v) is 14.6. The van der Waals surface area contributed by atoms with Gasteiger partial charge in [-0.3, -0.25) is 9.59 Å². The van der Waals surface area contributed by atoms with Gasteiger partial charge in [-0.15, -0.1) is 0 Å². The van der Waals surface area contributed by atoms with Crippen LogP contribution in [0.4, 0.5) is 5.69 Å². The van der Waals surface area contributed by atoms with Crippen LogP contribution in [0.25, 0.3) is 0 Å². The molecule has 0 amide bonds. The van der Waals surface area contributed by atoms with Crippen LogP contribution in [-0.2, 0) is 28.4 Å². The summed E-state index contributed by atoms with van der Waals surface area (Å²) in [5.74, 6) is -0.110. The standard InChI is InChI=1S/C26H41NO19/c1-2-40-22-11(14(33)16(22)35)27-3-4-41-24-19(38)17(36)21(10(7-30)44-24)45-26-20(39)23(13(32)9(6-29)43-26)46-25-18(37)15(34)12(31)8(5-28)42-25/h8-10,12-13,15,17-21,23-32,34,36-39H,2-7H2,1H3/t8-,9-,10-,12+,13+,15+,17-,18-,19-,20-,21-,23+,24-,25-,26+/m1/s1. The Morgan fingerprint density at radius 1 is 0.630 bits per heavy atom. The van der Waals surface area contributed by atoms with Crippen molar-refractivity contribution >= 4 is 5.69 Å². The van der Waals surface area contributed by atoms with Crippen molar-refractivity contribution in [3.05, 3.63) is 20.4 Å². The molecule has 0 bridgehead atoms. The summed E-state index contributed by atoms with van der Waals surface area (Å²) in [7, 11) is 0. The third-order valence-electron chi connectivity index (χ3n) is 7.91. The van der Waals surface area contributed by atoms with Crippen molar-refractivity contribution in [1.82, 2.24) is 0 Å². The molecular weight excluding hydrogens is 630 g/mol. The first kappa shape index (κ1) is 36.9. The highest BCUT2D eigenvalue weighted by molar-refractivity contribution is 5.61. The van der Waals surface area contributed by atoms with Gasteiger partial charge in [-0.2, -0.15) is 0 Å². The Bertz CT molecular complexity index is 1180. The molecule has 3 aliphatic rings. The molecule has 11 N–H and O–H groups in total. The van der Waals surface area contributed by atoms with Gasteiger partial charge in [0.1, 0.15) is 78.9 Å². The van der Waals surface area contributed by atoms with E-state index >= 15 is 0 Å². The molecule has 1 aromatic carbocycles. The summed E-state index contributed by atoms with van der Waals surface area (Å²) >= 11 is 0. The summed E-state index contributed by atoms with van der Waals surface area (Å²) in [6.07, 6.45) is -25.6. The van der Waals surface area contributed by atoms with Gasteiger partial charge in [0, 0.05) is 6.54 Å². The normalized spacial score (nSPS) is 41.8. The van der Waals surface area contributed by atoms with Gasteiger partial charge < -0.3 is 89.5 Å². The van der Waals surface area contributed by atoms with Crippen molar-refractivity contribution in [1.29, 1.82) is 0 Å². The minimum absolute atomic E-state index is 0.0338. The van der Waals surface area contributed by atoms with Gasteiger partial charge in [0.25, 0.3) is 10.9 Å². The number of aliphatic hydroxyl groups is 10.